The van der Waals surface area contributed by atoms with Crippen LogP contribution in [0.5, 0.6) is 0 Å². The van der Waals surface area contributed by atoms with Gasteiger partial charge in [0.1, 0.15) is 4.21 Å². The van der Waals surface area contributed by atoms with Crippen molar-refractivity contribution in [2.75, 3.05) is 13.1 Å². The van der Waals surface area contributed by atoms with E-state index in [-0.39, 0.29) is 18.4 Å². The summed E-state index contributed by atoms with van der Waals surface area (Å²) in [5.41, 5.74) is 1.08. The monoisotopic (exact) mass is 364 g/mol. The molecule has 1 aliphatic heterocycles. The van der Waals surface area contributed by atoms with E-state index >= 15 is 0 Å². The third-order valence-corrected chi connectivity index (χ3v) is 6.97. The standard InChI is InChI=1S/C17H20N2O3S2/c1-13-7-8-17(23-13)24(21,22)18-10-15-9-16(20)19(12-15)11-14-5-3-2-4-6-14/h2-8,15,18H,9-12H2,1H3. The van der Waals surface area contributed by atoms with Gasteiger partial charge in [0.25, 0.3) is 0 Å². The highest BCUT2D eigenvalue weighted by molar-refractivity contribution is 7.91. The highest BCUT2D eigenvalue weighted by atomic mass is 32.2. The number of nitrogens with zero attached hydrogens (tertiary/aromatic N) is 1. The Labute approximate surface area is 146 Å². The molecule has 2 heterocycles. The number of nitrogens with one attached hydrogen (secondary N) is 1. The summed E-state index contributed by atoms with van der Waals surface area (Å²) in [7, 11) is -3.48. The van der Waals surface area contributed by atoms with Crippen LogP contribution in [-0.2, 0) is 21.4 Å². The molecule has 0 aliphatic carbocycles. The van der Waals surface area contributed by atoms with Crippen molar-refractivity contribution in [3.05, 3.63) is 52.9 Å². The Kier molecular flexibility index (Phi) is 5.03. The average molecular weight is 364 g/mol. The van der Waals surface area contributed by atoms with Gasteiger partial charge in [-0.05, 0) is 30.5 Å². The molecule has 1 aliphatic rings. The molecule has 1 unspecified atom stereocenters. The van der Waals surface area contributed by atoms with Gasteiger partial charge < -0.3 is 4.90 Å². The molecular formula is C17H20N2O3S2. The van der Waals surface area contributed by atoms with Crippen molar-refractivity contribution >= 4 is 27.3 Å². The molecule has 24 heavy (non-hydrogen) atoms. The lowest BCUT2D eigenvalue weighted by Crippen LogP contribution is -2.30. The Bertz CT molecular complexity index is 815. The van der Waals surface area contributed by atoms with E-state index < -0.39 is 10.0 Å². The molecule has 1 amide bonds. The third-order valence-electron chi connectivity index (χ3n) is 4.05. The van der Waals surface area contributed by atoms with Crippen LogP contribution < -0.4 is 4.72 Å². The van der Waals surface area contributed by atoms with Crippen LogP contribution in [0.3, 0.4) is 0 Å². The number of rotatable bonds is 6. The number of benzene rings is 1. The van der Waals surface area contributed by atoms with Crippen LogP contribution in [0.15, 0.2) is 46.7 Å². The van der Waals surface area contributed by atoms with E-state index in [4.69, 9.17) is 0 Å². The molecule has 0 saturated carbocycles. The van der Waals surface area contributed by atoms with E-state index in [1.165, 1.54) is 11.3 Å². The Morgan fingerprint density at radius 1 is 1.21 bits per heavy atom. The Hall–Kier alpha value is -1.70. The predicted molar refractivity (Wildman–Crippen MR) is 94.2 cm³/mol. The fourth-order valence-corrected chi connectivity index (χ4v) is 5.25. The van der Waals surface area contributed by atoms with Gasteiger partial charge in [0.05, 0.1) is 0 Å². The largest absolute Gasteiger partial charge is 0.338 e. The molecule has 128 valence electrons. The molecule has 1 aromatic heterocycles. The summed E-state index contributed by atoms with van der Waals surface area (Å²) in [5.74, 6) is 0.0899. The second-order valence-electron chi connectivity index (χ2n) is 6.05. The first kappa shape index (κ1) is 17.1. The summed E-state index contributed by atoms with van der Waals surface area (Å²) >= 11 is 1.25. The first-order chi connectivity index (χ1) is 11.4. The number of amides is 1. The number of carbonyl (C=O) groups excluding carboxylic acids is 1. The molecule has 0 spiro atoms. The molecule has 0 bridgehead atoms. The topological polar surface area (TPSA) is 66.5 Å². The zero-order chi connectivity index (χ0) is 17.2. The van der Waals surface area contributed by atoms with Crippen molar-refractivity contribution in [3.8, 4) is 0 Å². The first-order valence-corrected chi connectivity index (χ1v) is 10.1. The van der Waals surface area contributed by atoms with E-state index in [0.29, 0.717) is 23.7 Å². The second kappa shape index (κ2) is 7.04. The maximum atomic E-state index is 12.3. The summed E-state index contributed by atoms with van der Waals surface area (Å²) in [6.07, 6.45) is 0.388. The fourth-order valence-electron chi connectivity index (χ4n) is 2.80. The van der Waals surface area contributed by atoms with Crippen LogP contribution in [0.1, 0.15) is 16.9 Å². The lowest BCUT2D eigenvalue weighted by Gasteiger charge is -2.17. The van der Waals surface area contributed by atoms with Gasteiger partial charge >= 0.3 is 0 Å². The molecule has 7 heteroatoms. The number of hydrogen-bond donors (Lipinski definition) is 1. The molecule has 3 rings (SSSR count). The van der Waals surface area contributed by atoms with Crippen LogP contribution >= 0.6 is 11.3 Å². The molecule has 2 aromatic rings. The lowest BCUT2D eigenvalue weighted by molar-refractivity contribution is -0.128. The Balaban J connectivity index is 1.56. The van der Waals surface area contributed by atoms with Crippen molar-refractivity contribution < 1.29 is 13.2 Å². The number of carbonyl (C=O) groups is 1. The fraction of sp³-hybridized carbons (Fsp3) is 0.353. The molecule has 1 fully saturated rings. The average Bonchev–Trinajstić information content (AvgIpc) is 3.14. The van der Waals surface area contributed by atoms with Crippen molar-refractivity contribution in [1.29, 1.82) is 0 Å². The van der Waals surface area contributed by atoms with Crippen LogP contribution in [0.4, 0.5) is 0 Å². The van der Waals surface area contributed by atoms with Gasteiger partial charge in [-0.15, -0.1) is 11.3 Å². The molecular weight excluding hydrogens is 344 g/mol. The van der Waals surface area contributed by atoms with E-state index in [9.17, 15) is 13.2 Å². The van der Waals surface area contributed by atoms with Crippen LogP contribution in [0.2, 0.25) is 0 Å². The number of hydrogen-bond acceptors (Lipinski definition) is 4. The van der Waals surface area contributed by atoms with Crippen molar-refractivity contribution in [1.82, 2.24) is 9.62 Å². The zero-order valence-electron chi connectivity index (χ0n) is 13.4. The van der Waals surface area contributed by atoms with Gasteiger partial charge in [0.15, 0.2) is 0 Å². The highest BCUT2D eigenvalue weighted by Crippen LogP contribution is 2.23. The van der Waals surface area contributed by atoms with Crippen LogP contribution in [0, 0.1) is 12.8 Å². The molecule has 5 nitrogen and oxygen atoms in total. The Morgan fingerprint density at radius 2 is 1.96 bits per heavy atom. The second-order valence-corrected chi connectivity index (χ2v) is 9.33. The van der Waals surface area contributed by atoms with Crippen molar-refractivity contribution in [3.63, 3.8) is 0 Å². The Morgan fingerprint density at radius 3 is 2.62 bits per heavy atom. The molecule has 1 aromatic carbocycles. The number of aryl methyl sites for hydroxylation is 1. The quantitative estimate of drug-likeness (QED) is 0.856. The summed E-state index contributed by atoms with van der Waals surface area (Å²) in [6, 6.07) is 13.2. The minimum Gasteiger partial charge on any atom is -0.338 e. The molecule has 0 radical (unpaired) electrons. The van der Waals surface area contributed by atoms with Crippen LogP contribution in [-0.4, -0.2) is 32.3 Å². The van der Waals surface area contributed by atoms with Gasteiger partial charge in [-0.25, -0.2) is 13.1 Å². The normalized spacial score (nSPS) is 18.3. The van der Waals surface area contributed by atoms with Crippen LogP contribution in [0.25, 0.3) is 0 Å². The molecule has 1 saturated heterocycles. The van der Waals surface area contributed by atoms with E-state index in [2.05, 4.69) is 4.72 Å². The lowest BCUT2D eigenvalue weighted by atomic mass is 10.1. The third kappa shape index (κ3) is 4.03. The number of thiophene rings is 1. The molecule has 1 atom stereocenters. The van der Waals surface area contributed by atoms with Gasteiger partial charge in [-0.3, -0.25) is 4.79 Å². The molecule has 1 N–H and O–H groups in total. The van der Waals surface area contributed by atoms with Gasteiger partial charge in [-0.2, -0.15) is 0 Å². The summed E-state index contributed by atoms with van der Waals surface area (Å²) in [4.78, 5) is 14.9. The highest BCUT2D eigenvalue weighted by Gasteiger charge is 2.30. The smallest absolute Gasteiger partial charge is 0.250 e. The SMILES string of the molecule is Cc1ccc(S(=O)(=O)NCC2CC(=O)N(Cc3ccccc3)C2)s1. The van der Waals surface area contributed by atoms with Gasteiger partial charge in [-0.1, -0.05) is 30.3 Å². The minimum absolute atomic E-state index is 0.0112. The maximum Gasteiger partial charge on any atom is 0.250 e. The van der Waals surface area contributed by atoms with E-state index in [0.717, 1.165) is 10.4 Å². The summed E-state index contributed by atoms with van der Waals surface area (Å²) < 4.78 is 27.5. The van der Waals surface area contributed by atoms with Gasteiger partial charge in [0.2, 0.25) is 15.9 Å². The van der Waals surface area contributed by atoms with Crippen molar-refractivity contribution in [2.45, 2.75) is 24.1 Å². The number of sulfonamides is 1. The van der Waals surface area contributed by atoms with Crippen molar-refractivity contribution in [2.24, 2.45) is 5.92 Å². The maximum absolute atomic E-state index is 12.3. The van der Waals surface area contributed by atoms with E-state index in [1.54, 1.807) is 17.0 Å². The minimum atomic E-state index is -3.48. The predicted octanol–water partition coefficient (Wildman–Crippen LogP) is 2.38. The number of likely N-dealkylation sites (tertiary alicyclic amines) is 1. The summed E-state index contributed by atoms with van der Waals surface area (Å²) in [6.45, 7) is 3.32. The van der Waals surface area contributed by atoms with E-state index in [1.807, 2.05) is 37.3 Å². The first-order valence-electron chi connectivity index (χ1n) is 7.82. The zero-order valence-corrected chi connectivity index (χ0v) is 15.1. The summed E-state index contributed by atoms with van der Waals surface area (Å²) in [5, 5.41) is 0. The van der Waals surface area contributed by atoms with Gasteiger partial charge in [0, 0.05) is 30.9 Å².